The number of H-pyrrole nitrogens is 1. The summed E-state index contributed by atoms with van der Waals surface area (Å²) in [4.78, 5) is 22.0. The van der Waals surface area contributed by atoms with E-state index in [4.69, 9.17) is 21.7 Å². The average molecular weight is 461 g/mol. The van der Waals surface area contributed by atoms with Crippen LogP contribution in [0.5, 0.6) is 11.5 Å². The van der Waals surface area contributed by atoms with Crippen LogP contribution in [-0.2, 0) is 13.1 Å². The Bertz CT molecular complexity index is 1320. The van der Waals surface area contributed by atoms with Crippen molar-refractivity contribution in [1.82, 2.24) is 14.9 Å². The Hall–Kier alpha value is -3.91. The van der Waals surface area contributed by atoms with Gasteiger partial charge >= 0.3 is 0 Å². The number of fused-ring (bicyclic) bond motifs is 1. The number of aromatic amines is 1. The van der Waals surface area contributed by atoms with Gasteiger partial charge in [-0.15, -0.1) is 0 Å². The van der Waals surface area contributed by atoms with Crippen molar-refractivity contribution >= 4 is 33.9 Å². The van der Waals surface area contributed by atoms with Crippen LogP contribution >= 0.6 is 12.2 Å². The van der Waals surface area contributed by atoms with E-state index < -0.39 is 0 Å². The number of thiocarbonyl (C=S) groups is 1. The molecular weight excluding hydrogens is 436 g/mol. The van der Waals surface area contributed by atoms with E-state index in [1.165, 1.54) is 0 Å². The molecule has 33 heavy (non-hydrogen) atoms. The zero-order valence-corrected chi connectivity index (χ0v) is 19.2. The smallest absolute Gasteiger partial charge is 0.253 e. The molecule has 168 valence electrons. The number of hydrogen-bond donors (Lipinski definition) is 2. The number of nitrogens with one attached hydrogen (secondary N) is 2. The lowest BCUT2D eigenvalue weighted by Gasteiger charge is -2.26. The molecule has 0 atom stereocenters. The lowest BCUT2D eigenvalue weighted by atomic mass is 10.1. The fraction of sp³-hybridized carbons (Fsp3) is 0.160. The summed E-state index contributed by atoms with van der Waals surface area (Å²) in [5.74, 6) is 1.37. The molecule has 2 aromatic heterocycles. The maximum absolute atomic E-state index is 12.9. The van der Waals surface area contributed by atoms with Gasteiger partial charge in [-0.25, -0.2) is 0 Å². The van der Waals surface area contributed by atoms with Gasteiger partial charge in [0, 0.05) is 30.6 Å². The van der Waals surface area contributed by atoms with Crippen LogP contribution in [0.1, 0.15) is 11.1 Å². The summed E-state index contributed by atoms with van der Waals surface area (Å²) >= 11 is 5.75. The highest BCUT2D eigenvalue weighted by Gasteiger charge is 2.16. The van der Waals surface area contributed by atoms with Crippen LogP contribution in [0.25, 0.3) is 10.9 Å². The lowest BCUT2D eigenvalue weighted by Crippen LogP contribution is -2.35. The normalized spacial score (nSPS) is 10.6. The fourth-order valence-electron chi connectivity index (χ4n) is 3.53. The van der Waals surface area contributed by atoms with E-state index >= 15 is 0 Å². The molecule has 0 unspecified atom stereocenters. The van der Waals surface area contributed by atoms with Gasteiger partial charge in [0.05, 0.1) is 32.0 Å². The number of benzene rings is 2. The second-order valence-corrected chi connectivity index (χ2v) is 7.81. The number of nitrogens with zero attached hydrogens (tertiary/aromatic N) is 2. The predicted molar refractivity (Wildman–Crippen MR) is 134 cm³/mol. The first-order chi connectivity index (χ1) is 16.1. The molecule has 0 saturated carbocycles. The van der Waals surface area contributed by atoms with Gasteiger partial charge in [-0.2, -0.15) is 0 Å². The van der Waals surface area contributed by atoms with Crippen molar-refractivity contribution in [3.63, 3.8) is 0 Å². The summed E-state index contributed by atoms with van der Waals surface area (Å²) in [7, 11) is 3.21. The predicted octanol–water partition coefficient (Wildman–Crippen LogP) is 4.34. The second-order valence-electron chi connectivity index (χ2n) is 7.42. The lowest BCUT2D eigenvalue weighted by molar-refractivity contribution is 0.407. The molecule has 0 aliphatic rings. The number of methoxy groups -OCH3 is 2. The molecule has 0 spiro atoms. The number of ether oxygens (including phenoxy) is 2. The molecule has 0 amide bonds. The third-order valence-corrected chi connectivity index (χ3v) is 5.58. The number of hydrogen-bond acceptors (Lipinski definition) is 5. The summed E-state index contributed by atoms with van der Waals surface area (Å²) in [5.41, 5.74) is 2.87. The largest absolute Gasteiger partial charge is 0.497 e. The van der Waals surface area contributed by atoms with Crippen molar-refractivity contribution in [2.24, 2.45) is 0 Å². The molecule has 4 aromatic rings. The number of aromatic nitrogens is 2. The van der Waals surface area contributed by atoms with Crippen LogP contribution < -0.4 is 20.3 Å². The van der Waals surface area contributed by atoms with E-state index in [2.05, 4.69) is 15.3 Å². The van der Waals surface area contributed by atoms with E-state index in [1.807, 2.05) is 65.6 Å². The molecule has 0 fully saturated rings. The van der Waals surface area contributed by atoms with Crippen molar-refractivity contribution in [2.45, 2.75) is 13.1 Å². The minimum absolute atomic E-state index is 0.174. The van der Waals surface area contributed by atoms with E-state index in [9.17, 15) is 4.79 Å². The fourth-order valence-corrected chi connectivity index (χ4v) is 3.77. The van der Waals surface area contributed by atoms with E-state index in [1.54, 1.807) is 26.6 Å². The SMILES string of the molecule is COc1ccc2cc(CN(Cc3cccnc3)C(=S)Nc3ccccc3OC)c(=O)[nH]c2c1. The van der Waals surface area contributed by atoms with Crippen LogP contribution in [0.2, 0.25) is 0 Å². The highest BCUT2D eigenvalue weighted by Crippen LogP contribution is 2.24. The quantitative estimate of drug-likeness (QED) is 0.397. The van der Waals surface area contributed by atoms with Crippen LogP contribution in [0.4, 0.5) is 5.69 Å². The molecule has 8 heteroatoms. The number of pyridine rings is 2. The summed E-state index contributed by atoms with van der Waals surface area (Å²) < 4.78 is 10.7. The Morgan fingerprint density at radius 1 is 1.06 bits per heavy atom. The highest BCUT2D eigenvalue weighted by atomic mass is 32.1. The molecule has 7 nitrogen and oxygen atoms in total. The van der Waals surface area contributed by atoms with Crippen molar-refractivity contribution in [2.75, 3.05) is 19.5 Å². The summed E-state index contributed by atoms with van der Waals surface area (Å²) in [6.07, 6.45) is 3.51. The van der Waals surface area contributed by atoms with Crippen LogP contribution in [0.3, 0.4) is 0 Å². The maximum atomic E-state index is 12.9. The monoisotopic (exact) mass is 460 g/mol. The van der Waals surface area contributed by atoms with Gasteiger partial charge in [0.1, 0.15) is 11.5 Å². The Morgan fingerprint density at radius 3 is 2.67 bits per heavy atom. The molecule has 0 bridgehead atoms. The highest BCUT2D eigenvalue weighted by molar-refractivity contribution is 7.80. The van der Waals surface area contributed by atoms with Crippen molar-refractivity contribution < 1.29 is 9.47 Å². The Labute approximate surface area is 197 Å². The third-order valence-electron chi connectivity index (χ3n) is 5.22. The number of para-hydroxylation sites is 2. The molecule has 0 radical (unpaired) electrons. The van der Waals surface area contributed by atoms with Crippen LogP contribution in [-0.4, -0.2) is 34.2 Å². The minimum atomic E-state index is -0.174. The Balaban J connectivity index is 1.65. The zero-order valence-electron chi connectivity index (χ0n) is 18.4. The van der Waals surface area contributed by atoms with Gasteiger partial charge in [-0.3, -0.25) is 9.78 Å². The molecule has 4 rings (SSSR count). The van der Waals surface area contributed by atoms with Gasteiger partial charge in [-0.1, -0.05) is 18.2 Å². The summed E-state index contributed by atoms with van der Waals surface area (Å²) in [6, 6.07) is 18.9. The first-order valence-corrected chi connectivity index (χ1v) is 10.8. The Kier molecular flexibility index (Phi) is 6.85. The topological polar surface area (TPSA) is 79.5 Å². The third kappa shape index (κ3) is 5.30. The molecule has 0 aliphatic carbocycles. The summed E-state index contributed by atoms with van der Waals surface area (Å²) in [5, 5.41) is 4.64. The minimum Gasteiger partial charge on any atom is -0.497 e. The number of anilines is 1. The molecule has 2 N–H and O–H groups in total. The molecule has 0 saturated heterocycles. The van der Waals surface area contributed by atoms with Gasteiger partial charge in [0.2, 0.25) is 0 Å². The van der Waals surface area contributed by atoms with Gasteiger partial charge in [0.25, 0.3) is 5.56 Å². The van der Waals surface area contributed by atoms with Crippen LogP contribution in [0, 0.1) is 0 Å². The Morgan fingerprint density at radius 2 is 1.91 bits per heavy atom. The van der Waals surface area contributed by atoms with Gasteiger partial charge in [-0.05, 0) is 59.6 Å². The summed E-state index contributed by atoms with van der Waals surface area (Å²) in [6.45, 7) is 0.794. The number of rotatable bonds is 7. The van der Waals surface area contributed by atoms with Gasteiger partial charge < -0.3 is 24.7 Å². The standard InChI is InChI=1S/C25H24N4O3S/c1-31-20-10-9-18-12-19(24(30)27-22(18)13-20)16-29(15-17-6-5-11-26-14-17)25(33)28-21-7-3-4-8-23(21)32-2/h3-14H,15-16H2,1-2H3,(H,27,30)(H,28,33). The average Bonchev–Trinajstić information content (AvgIpc) is 2.84. The molecule has 2 aromatic carbocycles. The van der Waals surface area contributed by atoms with E-state index in [-0.39, 0.29) is 5.56 Å². The van der Waals surface area contributed by atoms with Crippen molar-refractivity contribution in [3.05, 3.63) is 94.5 Å². The van der Waals surface area contributed by atoms with E-state index in [0.29, 0.717) is 35.3 Å². The second kappa shape index (κ2) is 10.1. The van der Waals surface area contributed by atoms with Crippen molar-refractivity contribution in [3.8, 4) is 11.5 Å². The maximum Gasteiger partial charge on any atom is 0.253 e. The zero-order chi connectivity index (χ0) is 23.2. The van der Waals surface area contributed by atoms with Crippen LogP contribution in [0.15, 0.2) is 77.9 Å². The first kappa shape index (κ1) is 22.3. The first-order valence-electron chi connectivity index (χ1n) is 10.3. The molecular formula is C25H24N4O3S. The van der Waals surface area contributed by atoms with Gasteiger partial charge in [0.15, 0.2) is 5.11 Å². The molecule has 0 aliphatic heterocycles. The molecule has 2 heterocycles. The van der Waals surface area contributed by atoms with E-state index in [0.717, 1.165) is 22.2 Å². The van der Waals surface area contributed by atoms with Crippen molar-refractivity contribution in [1.29, 1.82) is 0 Å².